The van der Waals surface area contributed by atoms with Gasteiger partial charge >= 0.3 is 11.9 Å². The van der Waals surface area contributed by atoms with Gasteiger partial charge in [0.15, 0.2) is 0 Å². The summed E-state index contributed by atoms with van der Waals surface area (Å²) in [6, 6.07) is 6.85. The van der Waals surface area contributed by atoms with E-state index in [2.05, 4.69) is 4.99 Å². The molecule has 0 aliphatic heterocycles. The van der Waals surface area contributed by atoms with E-state index in [1.165, 1.54) is 0 Å². The van der Waals surface area contributed by atoms with Crippen LogP contribution in [0.4, 0.5) is 5.69 Å². The van der Waals surface area contributed by atoms with Crippen molar-refractivity contribution in [1.29, 1.82) is 0 Å². The number of hydrogen-bond acceptors (Lipinski definition) is 5. The van der Waals surface area contributed by atoms with Crippen molar-refractivity contribution in [2.24, 2.45) is 4.99 Å². The number of carbonyl (C=O) groups is 2. The highest BCUT2D eigenvalue weighted by Gasteiger charge is 2.14. The van der Waals surface area contributed by atoms with Crippen LogP contribution in [0.5, 0.6) is 0 Å². The molecular weight excluding hydrogens is 294 g/mol. The largest absolute Gasteiger partial charge is 0.466 e. The summed E-state index contributed by atoms with van der Waals surface area (Å²) in [5, 5.41) is 0.530. The molecule has 0 heterocycles. The number of nitrogens with zero attached hydrogens (tertiary/aromatic N) is 1. The smallest absolute Gasteiger partial charge is 0.311 e. The Morgan fingerprint density at radius 2 is 1.67 bits per heavy atom. The average molecular weight is 312 g/mol. The SMILES string of the molecule is CCOC(=O)CC(CC(=O)OCC)=Nc1cccc(Cl)c1. The normalized spacial score (nSPS) is 9.86. The Kier molecular flexibility index (Phi) is 7.46. The molecule has 1 aromatic rings. The average Bonchev–Trinajstić information content (AvgIpc) is 2.38. The molecule has 0 aliphatic carbocycles. The first-order valence-electron chi connectivity index (χ1n) is 6.68. The fraction of sp³-hybridized carbons (Fsp3) is 0.400. The van der Waals surface area contributed by atoms with Crippen molar-refractivity contribution in [3.05, 3.63) is 29.3 Å². The molecule has 0 aliphatic rings. The van der Waals surface area contributed by atoms with Crippen LogP contribution in [0, 0.1) is 0 Å². The fourth-order valence-corrected chi connectivity index (χ4v) is 1.81. The lowest BCUT2D eigenvalue weighted by atomic mass is 10.2. The number of esters is 2. The topological polar surface area (TPSA) is 65.0 Å². The number of carbonyl (C=O) groups excluding carboxylic acids is 2. The van der Waals surface area contributed by atoms with Gasteiger partial charge in [0, 0.05) is 10.7 Å². The van der Waals surface area contributed by atoms with Crippen LogP contribution in [0.15, 0.2) is 29.3 Å². The van der Waals surface area contributed by atoms with Crippen LogP contribution in [0.2, 0.25) is 5.02 Å². The monoisotopic (exact) mass is 311 g/mol. The fourth-order valence-electron chi connectivity index (χ4n) is 1.63. The van der Waals surface area contributed by atoms with Gasteiger partial charge in [-0.2, -0.15) is 0 Å². The number of aliphatic imine (C=N–C) groups is 1. The van der Waals surface area contributed by atoms with E-state index in [0.29, 0.717) is 16.4 Å². The van der Waals surface area contributed by atoms with Crippen LogP contribution in [0.3, 0.4) is 0 Å². The minimum Gasteiger partial charge on any atom is -0.466 e. The van der Waals surface area contributed by atoms with Crippen molar-refractivity contribution in [3.8, 4) is 0 Å². The highest BCUT2D eigenvalue weighted by atomic mass is 35.5. The van der Waals surface area contributed by atoms with E-state index in [1.807, 2.05) is 0 Å². The van der Waals surface area contributed by atoms with E-state index >= 15 is 0 Å². The van der Waals surface area contributed by atoms with Crippen LogP contribution in [0.25, 0.3) is 0 Å². The molecule has 0 N–H and O–H groups in total. The summed E-state index contributed by atoms with van der Waals surface area (Å²) in [4.78, 5) is 27.4. The molecule has 0 radical (unpaired) electrons. The summed E-state index contributed by atoms with van der Waals surface area (Å²) in [6.45, 7) is 4.00. The van der Waals surface area contributed by atoms with Crippen LogP contribution in [0.1, 0.15) is 26.7 Å². The molecule has 1 rings (SSSR count). The third-order valence-electron chi connectivity index (χ3n) is 2.40. The lowest BCUT2D eigenvalue weighted by Crippen LogP contribution is -2.16. The summed E-state index contributed by atoms with van der Waals surface area (Å²) >= 11 is 5.89. The van der Waals surface area contributed by atoms with E-state index < -0.39 is 11.9 Å². The van der Waals surface area contributed by atoms with Crippen molar-refractivity contribution < 1.29 is 19.1 Å². The predicted molar refractivity (Wildman–Crippen MR) is 81.0 cm³/mol. The Morgan fingerprint density at radius 1 is 1.10 bits per heavy atom. The van der Waals surface area contributed by atoms with Gasteiger partial charge in [0.1, 0.15) is 0 Å². The molecule has 0 bridgehead atoms. The summed E-state index contributed by atoms with van der Waals surface area (Å²) in [7, 11) is 0. The first-order chi connectivity index (χ1) is 10.0. The minimum atomic E-state index is -0.428. The van der Waals surface area contributed by atoms with Crippen molar-refractivity contribution in [1.82, 2.24) is 0 Å². The lowest BCUT2D eigenvalue weighted by Gasteiger charge is -2.07. The summed E-state index contributed by atoms with van der Waals surface area (Å²) in [5.74, 6) is -0.856. The van der Waals surface area contributed by atoms with Crippen LogP contribution >= 0.6 is 11.6 Å². The van der Waals surface area contributed by atoms with E-state index in [9.17, 15) is 9.59 Å². The maximum atomic E-state index is 11.6. The second kappa shape index (κ2) is 9.13. The van der Waals surface area contributed by atoms with Crippen LogP contribution in [-0.2, 0) is 19.1 Å². The van der Waals surface area contributed by atoms with Gasteiger partial charge in [-0.15, -0.1) is 0 Å². The molecule has 0 saturated heterocycles. The Bertz CT molecular complexity index is 506. The number of benzene rings is 1. The molecule has 114 valence electrons. The summed E-state index contributed by atoms with van der Waals surface area (Å²) in [6.07, 6.45) is -0.113. The van der Waals surface area contributed by atoms with Crippen molar-refractivity contribution in [3.63, 3.8) is 0 Å². The standard InChI is InChI=1S/C15H18ClNO4/c1-3-20-14(18)9-13(10-15(19)21-4-2)17-12-7-5-6-11(16)8-12/h5-8H,3-4,9-10H2,1-2H3. The van der Waals surface area contributed by atoms with Gasteiger partial charge in [0.05, 0.1) is 31.7 Å². The first kappa shape index (κ1) is 17.2. The Hall–Kier alpha value is -1.88. The van der Waals surface area contributed by atoms with E-state index in [0.717, 1.165) is 0 Å². The second-order valence-electron chi connectivity index (χ2n) is 4.12. The maximum absolute atomic E-state index is 11.6. The zero-order chi connectivity index (χ0) is 15.7. The zero-order valence-electron chi connectivity index (χ0n) is 12.1. The maximum Gasteiger partial charge on any atom is 0.311 e. The second-order valence-corrected chi connectivity index (χ2v) is 4.56. The quantitative estimate of drug-likeness (QED) is 0.572. The molecule has 0 unspecified atom stereocenters. The highest BCUT2D eigenvalue weighted by Crippen LogP contribution is 2.19. The van der Waals surface area contributed by atoms with Gasteiger partial charge in [-0.25, -0.2) is 0 Å². The Balaban J connectivity index is 2.89. The van der Waals surface area contributed by atoms with E-state index in [-0.39, 0.29) is 26.1 Å². The van der Waals surface area contributed by atoms with E-state index in [1.54, 1.807) is 38.1 Å². The molecule has 21 heavy (non-hydrogen) atoms. The first-order valence-corrected chi connectivity index (χ1v) is 7.06. The van der Waals surface area contributed by atoms with Gasteiger partial charge in [-0.05, 0) is 32.0 Å². The highest BCUT2D eigenvalue weighted by molar-refractivity contribution is 6.30. The van der Waals surface area contributed by atoms with E-state index in [4.69, 9.17) is 21.1 Å². The Labute approximate surface area is 128 Å². The molecular formula is C15H18ClNO4. The third-order valence-corrected chi connectivity index (χ3v) is 2.64. The van der Waals surface area contributed by atoms with Gasteiger partial charge in [-0.1, -0.05) is 17.7 Å². The van der Waals surface area contributed by atoms with Crippen LogP contribution in [-0.4, -0.2) is 30.9 Å². The molecule has 0 saturated carbocycles. The molecule has 0 spiro atoms. The van der Waals surface area contributed by atoms with Crippen molar-refractivity contribution in [2.75, 3.05) is 13.2 Å². The number of halogens is 1. The lowest BCUT2D eigenvalue weighted by molar-refractivity contribution is -0.141. The number of hydrogen-bond donors (Lipinski definition) is 0. The van der Waals surface area contributed by atoms with Gasteiger partial charge < -0.3 is 9.47 Å². The number of rotatable bonds is 7. The molecule has 0 fully saturated rings. The zero-order valence-corrected chi connectivity index (χ0v) is 12.9. The summed E-state index contributed by atoms with van der Waals surface area (Å²) in [5.41, 5.74) is 0.959. The van der Waals surface area contributed by atoms with Gasteiger partial charge in [0.2, 0.25) is 0 Å². The molecule has 0 aromatic heterocycles. The molecule has 0 amide bonds. The van der Waals surface area contributed by atoms with Gasteiger partial charge in [0.25, 0.3) is 0 Å². The predicted octanol–water partition coefficient (Wildman–Crippen LogP) is 3.32. The summed E-state index contributed by atoms with van der Waals surface area (Å²) < 4.78 is 9.75. The van der Waals surface area contributed by atoms with Crippen molar-refractivity contribution >= 4 is 34.9 Å². The molecule has 6 heteroatoms. The van der Waals surface area contributed by atoms with Crippen molar-refractivity contribution in [2.45, 2.75) is 26.7 Å². The molecule has 1 aromatic carbocycles. The van der Waals surface area contributed by atoms with Gasteiger partial charge in [-0.3, -0.25) is 14.6 Å². The Morgan fingerprint density at radius 3 is 2.14 bits per heavy atom. The minimum absolute atomic E-state index is 0.0564. The molecule has 5 nitrogen and oxygen atoms in total. The number of ether oxygens (including phenoxy) is 2. The van der Waals surface area contributed by atoms with Crippen LogP contribution < -0.4 is 0 Å². The molecule has 0 atom stereocenters. The third kappa shape index (κ3) is 6.90.